The maximum atomic E-state index is 7.18. The largest absolute Gasteiger partial charge is 2.00 e. The van der Waals surface area contributed by atoms with Crippen LogP contribution >= 0.6 is 12.6 Å². The van der Waals surface area contributed by atoms with Crippen LogP contribution in [0.15, 0.2) is 0 Å². The van der Waals surface area contributed by atoms with E-state index in [4.69, 9.17) is 5.26 Å². The van der Waals surface area contributed by atoms with Gasteiger partial charge >= 0.3 is 19.5 Å². The molecule has 160 valence electrons. The molecule has 0 aromatic carbocycles. The van der Waals surface area contributed by atoms with Crippen molar-refractivity contribution in [1.82, 2.24) is 0 Å². The Bertz CT molecular complexity index is 206. The first kappa shape index (κ1) is 30.5. The van der Waals surface area contributed by atoms with Gasteiger partial charge in [0.2, 0.25) is 0 Å². The second-order valence-electron chi connectivity index (χ2n) is 7.03. The molecule has 0 amide bonds. The Kier molecular flexibility index (Phi) is 32.1. The molecule has 4 heterocycles. The molecule has 4 fully saturated rings. The molecular formula is C21H41N5SZn-2. The van der Waals surface area contributed by atoms with E-state index in [1.807, 2.05) is 0 Å². The van der Waals surface area contributed by atoms with Gasteiger partial charge in [0.15, 0.2) is 0 Å². The Hall–Kier alpha value is 0.303. The third kappa shape index (κ3) is 28.5. The van der Waals surface area contributed by atoms with Gasteiger partial charge in [-0.1, -0.05) is 89.7 Å². The van der Waals surface area contributed by atoms with Crippen molar-refractivity contribution < 1.29 is 19.5 Å². The first-order valence-corrected chi connectivity index (χ1v) is 11.4. The second kappa shape index (κ2) is 29.5. The summed E-state index contributed by atoms with van der Waals surface area (Å²) in [5.41, 5.74) is 0. The Morgan fingerprint density at radius 3 is 0.607 bits per heavy atom. The number of thiocyanates is 1. The van der Waals surface area contributed by atoms with E-state index in [2.05, 4.69) is 33.9 Å². The smallest absolute Gasteiger partial charge is 0.662 e. The molecule has 0 unspecified atom stereocenters. The molecule has 0 radical (unpaired) electrons. The number of thiol groups is 1. The molecule has 4 rings (SSSR count). The third-order valence-electron chi connectivity index (χ3n) is 4.53. The summed E-state index contributed by atoms with van der Waals surface area (Å²) in [6, 6.07) is 0. The summed E-state index contributed by atoms with van der Waals surface area (Å²) >= 11 is 3.09. The van der Waals surface area contributed by atoms with Crippen LogP contribution in [0.2, 0.25) is 0 Å². The number of nitrogens with zero attached hydrogens (tertiary/aromatic N) is 5. The molecule has 0 aliphatic carbocycles. The van der Waals surface area contributed by atoms with Crippen LogP contribution in [0, 0.1) is 10.7 Å². The monoisotopic (exact) mass is 459 g/mol. The van der Waals surface area contributed by atoms with E-state index in [1.165, 1.54) is 82.5 Å². The van der Waals surface area contributed by atoms with Crippen LogP contribution in [0.25, 0.3) is 21.3 Å². The molecule has 5 nitrogen and oxygen atoms in total. The van der Waals surface area contributed by atoms with E-state index in [1.54, 1.807) is 0 Å². The van der Waals surface area contributed by atoms with Crippen LogP contribution in [0.4, 0.5) is 0 Å². The fourth-order valence-corrected chi connectivity index (χ4v) is 2.94. The topological polar surface area (TPSA) is 80.2 Å². The average molecular weight is 461 g/mol. The normalized spacial score (nSPS) is 20.9. The van der Waals surface area contributed by atoms with Crippen LogP contribution in [0.3, 0.4) is 0 Å². The molecule has 0 aromatic heterocycles. The minimum atomic E-state index is 0. The summed E-state index contributed by atoms with van der Waals surface area (Å²) in [7, 11) is 0. The van der Waals surface area contributed by atoms with Crippen LogP contribution in [0.1, 0.15) is 77.0 Å². The van der Waals surface area contributed by atoms with E-state index in [0.29, 0.717) is 0 Å². The molecular weight excluding hydrogens is 420 g/mol. The van der Waals surface area contributed by atoms with Gasteiger partial charge in [0.05, 0.1) is 0 Å². The van der Waals surface area contributed by atoms with E-state index in [0.717, 1.165) is 52.4 Å². The number of rotatable bonds is 0. The Morgan fingerprint density at radius 1 is 0.429 bits per heavy atom. The van der Waals surface area contributed by atoms with Gasteiger partial charge in [-0.25, -0.2) is 0 Å². The summed E-state index contributed by atoms with van der Waals surface area (Å²) in [5.74, 6) is 0. The van der Waals surface area contributed by atoms with Gasteiger partial charge in [-0.15, -0.1) is 52.4 Å². The minimum absolute atomic E-state index is 0. The molecule has 0 aromatic rings. The first-order valence-electron chi connectivity index (χ1n) is 11.0. The van der Waals surface area contributed by atoms with Crippen LogP contribution in [-0.4, -0.2) is 52.4 Å². The van der Waals surface area contributed by atoms with Crippen molar-refractivity contribution in [1.29, 1.82) is 5.26 Å². The molecule has 28 heavy (non-hydrogen) atoms. The minimum Gasteiger partial charge on any atom is -0.662 e. The van der Waals surface area contributed by atoms with Crippen molar-refractivity contribution in [2.24, 2.45) is 0 Å². The van der Waals surface area contributed by atoms with Crippen molar-refractivity contribution >= 4 is 12.6 Å². The zero-order valence-electron chi connectivity index (χ0n) is 18.0. The Morgan fingerprint density at radius 2 is 0.571 bits per heavy atom. The molecule has 0 atom stereocenters. The summed E-state index contributed by atoms with van der Waals surface area (Å²) in [4.78, 5) is 0. The van der Waals surface area contributed by atoms with Crippen molar-refractivity contribution in [3.63, 3.8) is 0 Å². The van der Waals surface area contributed by atoms with E-state index < -0.39 is 0 Å². The van der Waals surface area contributed by atoms with Crippen molar-refractivity contribution in [2.45, 2.75) is 77.0 Å². The maximum Gasteiger partial charge on any atom is 2.00 e. The zero-order valence-corrected chi connectivity index (χ0v) is 21.9. The Labute approximate surface area is 193 Å². The summed E-state index contributed by atoms with van der Waals surface area (Å²) < 4.78 is 0. The number of piperidine rings is 4. The average Bonchev–Trinajstić information content (AvgIpc) is 2.80. The first-order chi connectivity index (χ1) is 13.4. The molecule has 0 bridgehead atoms. The predicted octanol–water partition coefficient (Wildman–Crippen LogP) is 6.57. The van der Waals surface area contributed by atoms with Crippen molar-refractivity contribution in [3.8, 4) is 5.40 Å². The van der Waals surface area contributed by atoms with Crippen LogP contribution < -0.4 is 0 Å². The van der Waals surface area contributed by atoms with E-state index >= 15 is 0 Å². The van der Waals surface area contributed by atoms with Gasteiger partial charge in [-0.3, -0.25) is 0 Å². The van der Waals surface area contributed by atoms with Crippen molar-refractivity contribution in [3.05, 3.63) is 21.3 Å². The zero-order chi connectivity index (χ0) is 19.7. The van der Waals surface area contributed by atoms with Crippen LogP contribution in [0.5, 0.6) is 0 Å². The number of hydrogen-bond donors (Lipinski definition) is 1. The molecule has 7 heteroatoms. The van der Waals surface area contributed by atoms with E-state index in [9.17, 15) is 0 Å². The van der Waals surface area contributed by atoms with Gasteiger partial charge in [0, 0.05) is 0 Å². The van der Waals surface area contributed by atoms with E-state index in [-0.39, 0.29) is 19.5 Å². The molecule has 4 aliphatic rings. The molecule has 0 spiro atoms. The molecule has 0 N–H and O–H groups in total. The standard InChI is InChI=1S/4C5H10N.CHNS.Zn/c4*1-2-4-6-5-3-1;2-1-3;/h4*1-5H2;3H;/q4*-1;;+2. The fourth-order valence-electron chi connectivity index (χ4n) is 2.94. The number of nitriles is 1. The van der Waals surface area contributed by atoms with Gasteiger partial charge in [0.1, 0.15) is 5.40 Å². The number of hydrogen-bond acceptors (Lipinski definition) is 2. The van der Waals surface area contributed by atoms with Gasteiger partial charge in [-0.2, -0.15) is 5.26 Å². The van der Waals surface area contributed by atoms with Gasteiger partial charge in [-0.05, 0) is 0 Å². The molecule has 4 aliphatic heterocycles. The fraction of sp³-hybridized carbons (Fsp3) is 0.952. The summed E-state index contributed by atoms with van der Waals surface area (Å²) in [6.45, 7) is 9.00. The summed E-state index contributed by atoms with van der Waals surface area (Å²) in [6.07, 6.45) is 16.3. The van der Waals surface area contributed by atoms with Gasteiger partial charge < -0.3 is 21.3 Å². The van der Waals surface area contributed by atoms with Gasteiger partial charge in [0.25, 0.3) is 0 Å². The Balaban J connectivity index is 0. The SMILES string of the molecule is C1CC[N-]CC1.C1CC[N-]CC1.C1CC[N-]CC1.C1CC[N-]CC1.N#CS.[Zn+2]. The quantitative estimate of drug-likeness (QED) is 0.247. The van der Waals surface area contributed by atoms with Crippen LogP contribution in [-0.2, 0) is 19.5 Å². The third-order valence-corrected chi connectivity index (χ3v) is 4.53. The maximum absolute atomic E-state index is 7.18. The molecule has 4 saturated heterocycles. The predicted molar refractivity (Wildman–Crippen MR) is 122 cm³/mol. The molecule has 0 saturated carbocycles. The van der Waals surface area contributed by atoms with Crippen molar-refractivity contribution in [2.75, 3.05) is 52.4 Å². The summed E-state index contributed by atoms with van der Waals surface area (Å²) in [5, 5.41) is 25.3. The second-order valence-corrected chi connectivity index (χ2v) is 7.23.